The normalized spacial score (nSPS) is 18.5. The Morgan fingerprint density at radius 1 is 0.458 bits per heavy atom. The first-order valence-electron chi connectivity index (χ1n) is 4.99. The Morgan fingerprint density at radius 3 is 0.833 bits per heavy atom. The SMILES string of the molecule is FC(C(I)C(F)(C(F)(F)F)C(F)(F)F)C(F)(C(F)(F)F)C(F)(F)F. The van der Waals surface area contributed by atoms with Crippen molar-refractivity contribution < 1.29 is 65.9 Å². The summed E-state index contributed by atoms with van der Waals surface area (Å²) < 4.78 is 182. The summed E-state index contributed by atoms with van der Waals surface area (Å²) >= 11 is -0.628. The van der Waals surface area contributed by atoms with E-state index in [1.165, 1.54) is 0 Å². The zero-order valence-corrected chi connectivity index (χ0v) is 12.4. The lowest BCUT2D eigenvalue weighted by Gasteiger charge is -2.40. The molecule has 2 unspecified atom stereocenters. The fraction of sp³-hybridized carbons (Fsp3) is 1.00. The molecule has 16 heteroatoms. The Labute approximate surface area is 135 Å². The molecule has 0 N–H and O–H groups in total. The highest BCUT2D eigenvalue weighted by Gasteiger charge is 2.84. The quantitative estimate of drug-likeness (QED) is 0.256. The van der Waals surface area contributed by atoms with Crippen LogP contribution in [0.25, 0.3) is 0 Å². The van der Waals surface area contributed by atoms with E-state index in [1.807, 2.05) is 0 Å². The highest BCUT2D eigenvalue weighted by molar-refractivity contribution is 14.1. The topological polar surface area (TPSA) is 0 Å². The van der Waals surface area contributed by atoms with Crippen LogP contribution in [0.15, 0.2) is 0 Å². The largest absolute Gasteiger partial charge is 0.434 e. The standard InChI is InChI=1S/C8H2F15I/c9-1(3(10,5(12,13)14)6(15,16)17)2(24)4(11,7(18,19)20)8(21,22)23/h1-2H. The molecule has 146 valence electrons. The van der Waals surface area contributed by atoms with Gasteiger partial charge in [-0.25, -0.2) is 13.2 Å². The van der Waals surface area contributed by atoms with Gasteiger partial charge in [0.2, 0.25) is 0 Å². The van der Waals surface area contributed by atoms with Crippen LogP contribution in [0.2, 0.25) is 0 Å². The minimum atomic E-state index is -7.31. The monoisotopic (exact) mass is 510 g/mol. The lowest BCUT2D eigenvalue weighted by molar-refractivity contribution is -0.375. The molecule has 24 heavy (non-hydrogen) atoms. The van der Waals surface area contributed by atoms with Crippen LogP contribution in [0.5, 0.6) is 0 Å². The van der Waals surface area contributed by atoms with Gasteiger partial charge in [-0.3, -0.25) is 0 Å². The van der Waals surface area contributed by atoms with E-state index in [-0.39, 0.29) is 0 Å². The number of hydrogen-bond acceptors (Lipinski definition) is 0. The Balaban J connectivity index is 6.41. The van der Waals surface area contributed by atoms with E-state index in [4.69, 9.17) is 0 Å². The van der Waals surface area contributed by atoms with Crippen LogP contribution in [0, 0.1) is 0 Å². The number of halogens is 16. The Kier molecular flexibility index (Phi) is 6.05. The van der Waals surface area contributed by atoms with Crippen molar-refractivity contribution in [2.45, 2.75) is 46.1 Å². The average Bonchev–Trinajstić information content (AvgIpc) is 2.29. The molecule has 0 saturated carbocycles. The maximum atomic E-state index is 13.4. The second-order valence-electron chi connectivity index (χ2n) is 4.22. The molecule has 0 nitrogen and oxygen atoms in total. The van der Waals surface area contributed by atoms with E-state index >= 15 is 0 Å². The molecule has 0 saturated heterocycles. The van der Waals surface area contributed by atoms with Crippen molar-refractivity contribution in [2.24, 2.45) is 0 Å². The van der Waals surface area contributed by atoms with E-state index in [0.29, 0.717) is 0 Å². The third-order valence-corrected chi connectivity index (χ3v) is 4.16. The van der Waals surface area contributed by atoms with Gasteiger partial charge >= 0.3 is 36.0 Å². The summed E-state index contributed by atoms with van der Waals surface area (Å²) in [7, 11) is 0. The maximum absolute atomic E-state index is 13.4. The van der Waals surface area contributed by atoms with Gasteiger partial charge in [0.05, 0.1) is 3.92 Å². The minimum absolute atomic E-state index is 0.628. The molecule has 0 aromatic heterocycles. The second kappa shape index (κ2) is 6.14. The van der Waals surface area contributed by atoms with E-state index in [0.717, 1.165) is 0 Å². The summed E-state index contributed by atoms with van der Waals surface area (Å²) in [5, 5.41) is 0. The minimum Gasteiger partial charge on any atom is -0.242 e. The molecule has 0 aliphatic heterocycles. The molecule has 0 rings (SSSR count). The van der Waals surface area contributed by atoms with Crippen molar-refractivity contribution in [3.63, 3.8) is 0 Å². The van der Waals surface area contributed by atoms with E-state index in [2.05, 4.69) is 0 Å². The molecular formula is C8H2F15I. The Morgan fingerprint density at radius 2 is 0.667 bits per heavy atom. The third-order valence-electron chi connectivity index (χ3n) is 2.67. The van der Waals surface area contributed by atoms with Gasteiger partial charge in [0.15, 0.2) is 6.17 Å². The third kappa shape index (κ3) is 3.47. The molecule has 2 atom stereocenters. The van der Waals surface area contributed by atoms with E-state index in [9.17, 15) is 65.9 Å². The number of alkyl halides is 16. The molecule has 0 spiro atoms. The molecule has 0 amide bonds. The highest BCUT2D eigenvalue weighted by Crippen LogP contribution is 2.57. The van der Waals surface area contributed by atoms with Gasteiger partial charge in [-0.2, -0.15) is 52.7 Å². The van der Waals surface area contributed by atoms with Crippen LogP contribution < -0.4 is 0 Å². The molecule has 0 aliphatic carbocycles. The van der Waals surface area contributed by atoms with Crippen molar-refractivity contribution in [1.82, 2.24) is 0 Å². The Hall–Kier alpha value is -0.320. The number of rotatable bonds is 3. The summed E-state index contributed by atoms with van der Waals surface area (Å²) in [6.07, 6.45) is -34.6. The first kappa shape index (κ1) is 23.7. The first-order chi connectivity index (χ1) is 10.1. The molecule has 0 bridgehead atoms. The van der Waals surface area contributed by atoms with Gasteiger partial charge in [0, 0.05) is 0 Å². The highest BCUT2D eigenvalue weighted by atomic mass is 127. The van der Waals surface area contributed by atoms with Gasteiger partial charge in [-0.15, -0.1) is 0 Å². The predicted octanol–water partition coefficient (Wildman–Crippen LogP) is 5.79. The Bertz CT molecular complexity index is 368. The molecule has 0 aromatic carbocycles. The van der Waals surface area contributed by atoms with E-state index < -0.39 is 68.7 Å². The molecule has 0 radical (unpaired) electrons. The van der Waals surface area contributed by atoms with Crippen LogP contribution in [0.1, 0.15) is 0 Å². The van der Waals surface area contributed by atoms with E-state index in [1.54, 1.807) is 0 Å². The summed E-state index contributed by atoms with van der Waals surface area (Å²) in [4.78, 5) is 0. The van der Waals surface area contributed by atoms with Crippen LogP contribution >= 0.6 is 22.6 Å². The summed E-state index contributed by atoms with van der Waals surface area (Å²) in [6.45, 7) is 0. The zero-order valence-electron chi connectivity index (χ0n) is 10.2. The number of hydrogen-bond donors (Lipinski definition) is 0. The van der Waals surface area contributed by atoms with Crippen molar-refractivity contribution in [3.05, 3.63) is 0 Å². The molecular weight excluding hydrogens is 508 g/mol. The van der Waals surface area contributed by atoms with Gasteiger partial charge in [-0.05, 0) is 0 Å². The smallest absolute Gasteiger partial charge is 0.242 e. The van der Waals surface area contributed by atoms with Crippen molar-refractivity contribution in [3.8, 4) is 0 Å². The van der Waals surface area contributed by atoms with Crippen molar-refractivity contribution in [2.75, 3.05) is 0 Å². The maximum Gasteiger partial charge on any atom is 0.434 e. The summed E-state index contributed by atoms with van der Waals surface area (Å²) in [6, 6.07) is 0. The van der Waals surface area contributed by atoms with Gasteiger partial charge < -0.3 is 0 Å². The fourth-order valence-electron chi connectivity index (χ4n) is 1.35. The fourth-order valence-corrected chi connectivity index (χ4v) is 2.55. The molecule has 0 fully saturated rings. The van der Waals surface area contributed by atoms with Gasteiger partial charge in [0.1, 0.15) is 0 Å². The van der Waals surface area contributed by atoms with Crippen LogP contribution in [0.3, 0.4) is 0 Å². The average molecular weight is 510 g/mol. The van der Waals surface area contributed by atoms with Gasteiger partial charge in [0.25, 0.3) is 0 Å². The molecule has 0 aromatic rings. The first-order valence-corrected chi connectivity index (χ1v) is 6.24. The molecule has 0 heterocycles. The van der Waals surface area contributed by atoms with Crippen LogP contribution in [0.4, 0.5) is 65.9 Å². The second-order valence-corrected chi connectivity index (χ2v) is 5.56. The van der Waals surface area contributed by atoms with Crippen LogP contribution in [-0.4, -0.2) is 46.1 Å². The van der Waals surface area contributed by atoms with Crippen molar-refractivity contribution in [1.29, 1.82) is 0 Å². The van der Waals surface area contributed by atoms with Crippen molar-refractivity contribution >= 4 is 22.6 Å². The van der Waals surface area contributed by atoms with Crippen LogP contribution in [-0.2, 0) is 0 Å². The zero-order chi connectivity index (χ0) is 20.2. The predicted molar refractivity (Wildman–Crippen MR) is 54.6 cm³/mol. The summed E-state index contributed by atoms with van der Waals surface area (Å²) in [5.74, 6) is 0. The lowest BCUT2D eigenvalue weighted by atomic mass is 9.87. The summed E-state index contributed by atoms with van der Waals surface area (Å²) in [5.41, 5.74) is -14.0. The lowest BCUT2D eigenvalue weighted by Crippen LogP contribution is -2.69. The molecule has 0 aliphatic rings. The van der Waals surface area contributed by atoms with Gasteiger partial charge in [-0.1, -0.05) is 22.6 Å².